The molecule has 0 aromatic rings. The van der Waals surface area contributed by atoms with Gasteiger partial charge < -0.3 is 5.11 Å². The molecule has 0 aromatic heterocycles. The average Bonchev–Trinajstić information content (AvgIpc) is 1.62. The Bertz CT molecular complexity index is 99.6. The van der Waals surface area contributed by atoms with Crippen molar-refractivity contribution in [3.05, 3.63) is 10.6 Å². The molecule has 0 fully saturated rings. The van der Waals surface area contributed by atoms with Gasteiger partial charge >= 0.3 is 0 Å². The van der Waals surface area contributed by atoms with Crippen LogP contribution in [0.4, 0.5) is 0 Å². The molecule has 0 unspecified atom stereocenters. The van der Waals surface area contributed by atoms with Crippen LogP contribution in [0.5, 0.6) is 0 Å². The van der Waals surface area contributed by atoms with Gasteiger partial charge in [-0.1, -0.05) is 15.9 Å². The van der Waals surface area contributed by atoms with Crippen LogP contribution in [-0.4, -0.2) is 10.7 Å². The third-order valence-electron chi connectivity index (χ3n) is 1.13. The van der Waals surface area contributed by atoms with Crippen LogP contribution < -0.4 is 0 Å². The smallest absolute Gasteiger partial charge is 0.0806 e. The molecule has 1 nitrogen and oxygen atoms in total. The summed E-state index contributed by atoms with van der Waals surface area (Å²) in [6.45, 7) is 5.37. The van der Waals surface area contributed by atoms with Crippen LogP contribution in [-0.2, 0) is 0 Å². The van der Waals surface area contributed by atoms with Crippen LogP contribution in [0.2, 0.25) is 0 Å². The SMILES string of the molecule is CC(=CBr)C(C)(C)O. The van der Waals surface area contributed by atoms with Crippen LogP contribution in [0.25, 0.3) is 0 Å². The third kappa shape index (κ3) is 2.48. The maximum Gasteiger partial charge on any atom is 0.0806 e. The maximum absolute atomic E-state index is 9.19. The quantitative estimate of drug-likeness (QED) is 0.653. The van der Waals surface area contributed by atoms with Gasteiger partial charge in [0.2, 0.25) is 0 Å². The number of hydrogen-bond donors (Lipinski definition) is 1. The molecule has 0 aliphatic carbocycles. The number of hydrogen-bond acceptors (Lipinski definition) is 1. The van der Waals surface area contributed by atoms with E-state index in [1.165, 1.54) is 0 Å². The lowest BCUT2D eigenvalue weighted by atomic mass is 10.0. The van der Waals surface area contributed by atoms with Crippen molar-refractivity contribution in [2.75, 3.05) is 0 Å². The van der Waals surface area contributed by atoms with E-state index in [0.29, 0.717) is 0 Å². The molecule has 0 spiro atoms. The van der Waals surface area contributed by atoms with E-state index in [-0.39, 0.29) is 0 Å². The lowest BCUT2D eigenvalue weighted by molar-refractivity contribution is 0.120. The lowest BCUT2D eigenvalue weighted by Crippen LogP contribution is -2.19. The van der Waals surface area contributed by atoms with Gasteiger partial charge in [0.05, 0.1) is 5.60 Å². The molecule has 1 N–H and O–H groups in total. The van der Waals surface area contributed by atoms with Crippen molar-refractivity contribution in [2.45, 2.75) is 26.4 Å². The van der Waals surface area contributed by atoms with Crippen molar-refractivity contribution < 1.29 is 5.11 Å². The lowest BCUT2D eigenvalue weighted by Gasteiger charge is -2.16. The topological polar surface area (TPSA) is 20.2 Å². The van der Waals surface area contributed by atoms with Gasteiger partial charge in [-0.2, -0.15) is 0 Å². The molecular formula is C6H11BrO. The molecule has 2 heteroatoms. The van der Waals surface area contributed by atoms with E-state index in [4.69, 9.17) is 0 Å². The molecule has 0 atom stereocenters. The van der Waals surface area contributed by atoms with Crippen LogP contribution >= 0.6 is 15.9 Å². The summed E-state index contributed by atoms with van der Waals surface area (Å²) in [7, 11) is 0. The fourth-order valence-electron chi connectivity index (χ4n) is 0.134. The molecule has 0 aromatic carbocycles. The summed E-state index contributed by atoms with van der Waals surface area (Å²) < 4.78 is 0. The highest BCUT2D eigenvalue weighted by Gasteiger charge is 2.13. The van der Waals surface area contributed by atoms with E-state index in [9.17, 15) is 5.11 Å². The standard InChI is InChI=1S/C6H11BrO/c1-5(4-7)6(2,3)8/h4,8H,1-3H3. The highest BCUT2D eigenvalue weighted by Crippen LogP contribution is 2.14. The van der Waals surface area contributed by atoms with Crippen LogP contribution in [0, 0.1) is 0 Å². The molecule has 8 heavy (non-hydrogen) atoms. The summed E-state index contributed by atoms with van der Waals surface area (Å²) in [6.07, 6.45) is 0. The van der Waals surface area contributed by atoms with Crippen molar-refractivity contribution in [3.63, 3.8) is 0 Å². The average molecular weight is 179 g/mol. The Balaban J connectivity index is 4.03. The minimum atomic E-state index is -0.677. The van der Waals surface area contributed by atoms with Gasteiger partial charge in [0, 0.05) is 0 Å². The third-order valence-corrected chi connectivity index (χ3v) is 1.82. The minimum absolute atomic E-state index is 0.677. The Kier molecular flexibility index (Phi) is 2.71. The molecule has 0 saturated carbocycles. The van der Waals surface area contributed by atoms with Crippen LogP contribution in [0.15, 0.2) is 10.6 Å². The number of aliphatic hydroxyl groups is 1. The maximum atomic E-state index is 9.19. The molecule has 48 valence electrons. The zero-order valence-electron chi connectivity index (χ0n) is 5.40. The van der Waals surface area contributed by atoms with E-state index in [2.05, 4.69) is 15.9 Å². The molecule has 0 heterocycles. The second kappa shape index (κ2) is 2.65. The largest absolute Gasteiger partial charge is 0.386 e. The van der Waals surface area contributed by atoms with Crippen molar-refractivity contribution in [2.24, 2.45) is 0 Å². The van der Waals surface area contributed by atoms with Crippen molar-refractivity contribution in [3.8, 4) is 0 Å². The summed E-state index contributed by atoms with van der Waals surface area (Å²) >= 11 is 3.13. The molecular weight excluding hydrogens is 168 g/mol. The minimum Gasteiger partial charge on any atom is -0.386 e. The monoisotopic (exact) mass is 178 g/mol. The van der Waals surface area contributed by atoms with E-state index in [1.807, 2.05) is 6.92 Å². The normalized spacial score (nSPS) is 14.4. The second-order valence-corrected chi connectivity index (χ2v) is 2.81. The fourth-order valence-corrected chi connectivity index (χ4v) is 0.694. The molecule has 0 bridgehead atoms. The van der Waals surface area contributed by atoms with E-state index in [0.717, 1.165) is 5.57 Å². The Hall–Kier alpha value is 0.180. The van der Waals surface area contributed by atoms with Gasteiger partial charge in [-0.25, -0.2) is 0 Å². The summed E-state index contributed by atoms with van der Waals surface area (Å²) in [5.74, 6) is 0. The van der Waals surface area contributed by atoms with Crippen molar-refractivity contribution in [1.82, 2.24) is 0 Å². The molecule has 0 amide bonds. The Morgan fingerprint density at radius 2 is 2.00 bits per heavy atom. The van der Waals surface area contributed by atoms with Crippen LogP contribution in [0.3, 0.4) is 0 Å². The first-order valence-corrected chi connectivity index (χ1v) is 3.40. The zero-order valence-corrected chi connectivity index (χ0v) is 6.99. The Morgan fingerprint density at radius 1 is 1.62 bits per heavy atom. The summed E-state index contributed by atoms with van der Waals surface area (Å²) in [5, 5.41) is 9.19. The molecule has 0 aliphatic heterocycles. The Labute approximate surface area is 58.5 Å². The predicted octanol–water partition coefficient (Wildman–Crippen LogP) is 2.06. The van der Waals surface area contributed by atoms with Gasteiger partial charge in [-0.3, -0.25) is 0 Å². The van der Waals surface area contributed by atoms with Crippen LogP contribution in [0.1, 0.15) is 20.8 Å². The first-order valence-electron chi connectivity index (χ1n) is 2.48. The fraction of sp³-hybridized carbons (Fsp3) is 0.667. The first-order chi connectivity index (χ1) is 3.48. The summed E-state index contributed by atoms with van der Waals surface area (Å²) in [6, 6.07) is 0. The van der Waals surface area contributed by atoms with E-state index < -0.39 is 5.60 Å². The molecule has 0 rings (SSSR count). The van der Waals surface area contributed by atoms with Crippen molar-refractivity contribution >= 4 is 15.9 Å². The zero-order chi connectivity index (χ0) is 6.78. The highest BCUT2D eigenvalue weighted by molar-refractivity contribution is 9.11. The van der Waals surface area contributed by atoms with Gasteiger partial charge in [-0.15, -0.1) is 0 Å². The van der Waals surface area contributed by atoms with Gasteiger partial charge in [0.15, 0.2) is 0 Å². The van der Waals surface area contributed by atoms with Gasteiger partial charge in [0.25, 0.3) is 0 Å². The summed E-state index contributed by atoms with van der Waals surface area (Å²) in [5.41, 5.74) is 0.251. The number of rotatable bonds is 1. The van der Waals surface area contributed by atoms with E-state index >= 15 is 0 Å². The second-order valence-electron chi connectivity index (χ2n) is 2.35. The highest BCUT2D eigenvalue weighted by atomic mass is 79.9. The molecule has 0 aliphatic rings. The predicted molar refractivity (Wildman–Crippen MR) is 39.0 cm³/mol. The van der Waals surface area contributed by atoms with Crippen molar-refractivity contribution in [1.29, 1.82) is 0 Å². The van der Waals surface area contributed by atoms with E-state index in [1.54, 1.807) is 18.8 Å². The molecule has 0 saturated heterocycles. The Morgan fingerprint density at radius 3 is 2.00 bits per heavy atom. The number of halogens is 1. The summed E-state index contributed by atoms with van der Waals surface area (Å²) in [4.78, 5) is 1.73. The van der Waals surface area contributed by atoms with Gasteiger partial charge in [-0.05, 0) is 31.3 Å². The first kappa shape index (κ1) is 8.18. The van der Waals surface area contributed by atoms with Gasteiger partial charge in [0.1, 0.15) is 0 Å². The molecule has 0 radical (unpaired) electrons.